The van der Waals surface area contributed by atoms with E-state index in [4.69, 9.17) is 0 Å². The van der Waals surface area contributed by atoms with Crippen LogP contribution in [0.25, 0.3) is 0 Å². The van der Waals surface area contributed by atoms with Crippen LogP contribution in [0, 0.1) is 22.7 Å². The normalized spacial score (nSPS) is 15.3. The smallest absolute Gasteiger partial charge is 0.0125 e. The SMILES string of the molecule is CC(C)CNCC(C)C(C)(C)CCC(C)(C)NCCC(C)(C)C. The van der Waals surface area contributed by atoms with Gasteiger partial charge < -0.3 is 10.6 Å². The summed E-state index contributed by atoms with van der Waals surface area (Å²) in [4.78, 5) is 0. The average Bonchev–Trinajstić information content (AvgIpc) is 2.34. The standard InChI is InChI=1S/C21H46N2/c1-17(2)15-22-16-18(3)20(7,8)11-12-21(9,10)23-14-13-19(4,5)6/h17-18,22-23H,11-16H2,1-10H3. The summed E-state index contributed by atoms with van der Waals surface area (Å²) in [7, 11) is 0. The van der Waals surface area contributed by atoms with Crippen LogP contribution in [0.1, 0.15) is 88.5 Å². The molecule has 23 heavy (non-hydrogen) atoms. The summed E-state index contributed by atoms with van der Waals surface area (Å²) in [5.74, 6) is 1.43. The van der Waals surface area contributed by atoms with Crippen molar-refractivity contribution >= 4 is 0 Å². The Morgan fingerprint density at radius 3 is 1.78 bits per heavy atom. The van der Waals surface area contributed by atoms with Crippen molar-refractivity contribution in [2.45, 2.75) is 94.0 Å². The second kappa shape index (κ2) is 9.42. The summed E-state index contributed by atoms with van der Waals surface area (Å²) in [6.07, 6.45) is 3.74. The second-order valence-electron chi connectivity index (χ2n) is 10.6. The van der Waals surface area contributed by atoms with Gasteiger partial charge in [-0.2, -0.15) is 0 Å². The Hall–Kier alpha value is -0.0800. The van der Waals surface area contributed by atoms with E-state index < -0.39 is 0 Å². The van der Waals surface area contributed by atoms with Gasteiger partial charge in [0, 0.05) is 5.54 Å². The first-order valence-corrected chi connectivity index (χ1v) is 9.71. The summed E-state index contributed by atoms with van der Waals surface area (Å²) >= 11 is 0. The monoisotopic (exact) mass is 326 g/mol. The molecular weight excluding hydrogens is 280 g/mol. The molecule has 0 amide bonds. The molecule has 0 aromatic carbocycles. The number of hydrogen-bond acceptors (Lipinski definition) is 2. The Kier molecular flexibility index (Phi) is 9.38. The van der Waals surface area contributed by atoms with Gasteiger partial charge in [-0.3, -0.25) is 0 Å². The minimum atomic E-state index is 0.230. The van der Waals surface area contributed by atoms with Crippen LogP contribution >= 0.6 is 0 Å². The van der Waals surface area contributed by atoms with Crippen LogP contribution in [0.2, 0.25) is 0 Å². The van der Waals surface area contributed by atoms with E-state index in [1.165, 1.54) is 19.3 Å². The third-order valence-electron chi connectivity index (χ3n) is 5.21. The van der Waals surface area contributed by atoms with Gasteiger partial charge >= 0.3 is 0 Å². The van der Waals surface area contributed by atoms with Gasteiger partial charge in [-0.05, 0) is 75.4 Å². The second-order valence-corrected chi connectivity index (χ2v) is 10.6. The molecule has 0 saturated carbocycles. The molecule has 0 radical (unpaired) electrons. The van der Waals surface area contributed by atoms with E-state index in [-0.39, 0.29) is 5.54 Å². The summed E-state index contributed by atoms with van der Waals surface area (Å²) in [6, 6.07) is 0. The van der Waals surface area contributed by atoms with E-state index in [1.807, 2.05) is 0 Å². The summed E-state index contributed by atoms with van der Waals surface area (Å²) < 4.78 is 0. The van der Waals surface area contributed by atoms with Crippen molar-refractivity contribution in [2.24, 2.45) is 22.7 Å². The lowest BCUT2D eigenvalue weighted by Gasteiger charge is -2.36. The quantitative estimate of drug-likeness (QED) is 0.525. The van der Waals surface area contributed by atoms with E-state index in [0.717, 1.165) is 25.6 Å². The molecule has 0 aromatic heterocycles. The first-order valence-electron chi connectivity index (χ1n) is 9.71. The van der Waals surface area contributed by atoms with Crippen LogP contribution in [-0.2, 0) is 0 Å². The first-order chi connectivity index (χ1) is 10.3. The van der Waals surface area contributed by atoms with Crippen LogP contribution < -0.4 is 10.6 Å². The van der Waals surface area contributed by atoms with E-state index in [1.54, 1.807) is 0 Å². The third kappa shape index (κ3) is 12.0. The number of hydrogen-bond donors (Lipinski definition) is 2. The zero-order chi connectivity index (χ0) is 18.3. The third-order valence-corrected chi connectivity index (χ3v) is 5.21. The molecule has 2 N–H and O–H groups in total. The Morgan fingerprint density at radius 2 is 1.30 bits per heavy atom. The van der Waals surface area contributed by atoms with E-state index in [2.05, 4.69) is 79.9 Å². The van der Waals surface area contributed by atoms with Gasteiger partial charge in [-0.15, -0.1) is 0 Å². The summed E-state index contributed by atoms with van der Waals surface area (Å²) in [6.45, 7) is 26.8. The lowest BCUT2D eigenvalue weighted by molar-refractivity contribution is 0.175. The van der Waals surface area contributed by atoms with Gasteiger partial charge in [0.25, 0.3) is 0 Å². The molecule has 0 bridgehead atoms. The molecule has 140 valence electrons. The van der Waals surface area contributed by atoms with E-state index in [9.17, 15) is 0 Å². The average molecular weight is 327 g/mol. The Morgan fingerprint density at radius 1 is 0.739 bits per heavy atom. The van der Waals surface area contributed by atoms with Crippen LogP contribution in [0.15, 0.2) is 0 Å². The topological polar surface area (TPSA) is 24.1 Å². The molecule has 0 aliphatic rings. The fraction of sp³-hybridized carbons (Fsp3) is 1.00. The highest BCUT2D eigenvalue weighted by atomic mass is 14.9. The van der Waals surface area contributed by atoms with Crippen LogP contribution in [0.3, 0.4) is 0 Å². The van der Waals surface area contributed by atoms with Gasteiger partial charge in [0.15, 0.2) is 0 Å². The Bertz CT molecular complexity index is 310. The maximum absolute atomic E-state index is 3.77. The zero-order valence-corrected chi connectivity index (χ0v) is 17.9. The Labute approximate surface area is 147 Å². The number of nitrogens with one attached hydrogen (secondary N) is 2. The van der Waals surface area contributed by atoms with Gasteiger partial charge in [0.05, 0.1) is 0 Å². The van der Waals surface area contributed by atoms with E-state index in [0.29, 0.717) is 16.7 Å². The van der Waals surface area contributed by atoms with Crippen molar-refractivity contribution in [1.29, 1.82) is 0 Å². The van der Waals surface area contributed by atoms with Gasteiger partial charge in [-0.25, -0.2) is 0 Å². The van der Waals surface area contributed by atoms with Crippen molar-refractivity contribution in [3.05, 3.63) is 0 Å². The predicted molar refractivity (Wildman–Crippen MR) is 106 cm³/mol. The molecular formula is C21H46N2. The van der Waals surface area contributed by atoms with Crippen molar-refractivity contribution in [3.63, 3.8) is 0 Å². The predicted octanol–water partition coefficient (Wildman–Crippen LogP) is 5.48. The Balaban J connectivity index is 4.22. The number of rotatable bonds is 11. The largest absolute Gasteiger partial charge is 0.316 e. The molecule has 0 aromatic rings. The van der Waals surface area contributed by atoms with Crippen molar-refractivity contribution < 1.29 is 0 Å². The minimum Gasteiger partial charge on any atom is -0.316 e. The molecule has 0 aliphatic carbocycles. The maximum atomic E-state index is 3.77. The fourth-order valence-corrected chi connectivity index (χ4v) is 2.61. The van der Waals surface area contributed by atoms with Crippen molar-refractivity contribution in [3.8, 4) is 0 Å². The fourth-order valence-electron chi connectivity index (χ4n) is 2.61. The summed E-state index contributed by atoms with van der Waals surface area (Å²) in [5.41, 5.74) is 1.03. The van der Waals surface area contributed by atoms with Crippen LogP contribution in [-0.4, -0.2) is 25.2 Å². The molecule has 1 atom stereocenters. The van der Waals surface area contributed by atoms with Gasteiger partial charge in [-0.1, -0.05) is 55.4 Å². The highest BCUT2D eigenvalue weighted by Crippen LogP contribution is 2.34. The zero-order valence-electron chi connectivity index (χ0n) is 17.9. The molecule has 1 unspecified atom stereocenters. The van der Waals surface area contributed by atoms with Crippen molar-refractivity contribution in [1.82, 2.24) is 10.6 Å². The van der Waals surface area contributed by atoms with Gasteiger partial charge in [0.1, 0.15) is 0 Å². The molecule has 2 heteroatoms. The molecule has 2 nitrogen and oxygen atoms in total. The van der Waals surface area contributed by atoms with Crippen LogP contribution in [0.4, 0.5) is 0 Å². The maximum Gasteiger partial charge on any atom is 0.0125 e. The van der Waals surface area contributed by atoms with Gasteiger partial charge in [0.2, 0.25) is 0 Å². The lowest BCUT2D eigenvalue weighted by Crippen LogP contribution is -2.42. The minimum absolute atomic E-state index is 0.230. The molecule has 0 rings (SSSR count). The van der Waals surface area contributed by atoms with Crippen LogP contribution in [0.5, 0.6) is 0 Å². The summed E-state index contributed by atoms with van der Waals surface area (Å²) in [5, 5.41) is 7.39. The first kappa shape index (κ1) is 22.9. The molecule has 0 spiro atoms. The van der Waals surface area contributed by atoms with Crippen molar-refractivity contribution in [2.75, 3.05) is 19.6 Å². The highest BCUT2D eigenvalue weighted by Gasteiger charge is 2.28. The molecule has 0 aliphatic heterocycles. The molecule has 0 fully saturated rings. The molecule has 0 saturated heterocycles. The van der Waals surface area contributed by atoms with E-state index >= 15 is 0 Å². The molecule has 0 heterocycles. The lowest BCUT2D eigenvalue weighted by atomic mass is 9.74. The highest BCUT2D eigenvalue weighted by molar-refractivity contribution is 4.84.